The topological polar surface area (TPSA) is 110 Å². The molecule has 43 heavy (non-hydrogen) atoms. The molecule has 0 spiro atoms. The third-order valence-electron chi connectivity index (χ3n) is 8.03. The molecule has 218 valence electrons. The molecule has 3 aromatic carbocycles. The summed E-state index contributed by atoms with van der Waals surface area (Å²) in [6, 6.07) is 24.4. The largest absolute Gasteiger partial charge is 0.465 e. The van der Waals surface area contributed by atoms with Crippen LogP contribution in [-0.2, 0) is 11.3 Å². The molecule has 2 aliphatic heterocycles. The van der Waals surface area contributed by atoms with Gasteiger partial charge in [-0.25, -0.2) is 4.79 Å². The Bertz CT molecular complexity index is 1800. The first-order valence-electron chi connectivity index (χ1n) is 14.0. The summed E-state index contributed by atoms with van der Waals surface area (Å²) < 4.78 is 7.39. The molecule has 0 aliphatic carbocycles. The Balaban J connectivity index is 1.34. The van der Waals surface area contributed by atoms with Gasteiger partial charge in [-0.15, -0.1) is 0 Å². The number of nitrogens with zero attached hydrogens (tertiary/aromatic N) is 2. The van der Waals surface area contributed by atoms with Crippen molar-refractivity contribution in [1.29, 1.82) is 0 Å². The van der Waals surface area contributed by atoms with Crippen LogP contribution in [0.1, 0.15) is 49.1 Å². The van der Waals surface area contributed by atoms with E-state index in [2.05, 4.69) is 31.5 Å². The summed E-state index contributed by atoms with van der Waals surface area (Å²) in [7, 11) is 1.28. The summed E-state index contributed by atoms with van der Waals surface area (Å²) >= 11 is 3.46. The maximum Gasteiger partial charge on any atom is 0.339 e. The van der Waals surface area contributed by atoms with Gasteiger partial charge in [0, 0.05) is 47.3 Å². The SMILES string of the molecule is COC(=O)c1ccccc1NC(=O)c1ccc(N2CC3CC(C2)c2cccc(=O)n2C3)c(NC(=O)c2ccccc2Br)c1. The zero-order valence-electron chi connectivity index (χ0n) is 23.4. The van der Waals surface area contributed by atoms with E-state index < -0.39 is 11.9 Å². The van der Waals surface area contributed by atoms with Crippen molar-refractivity contribution < 1.29 is 19.1 Å². The van der Waals surface area contributed by atoms with E-state index in [1.807, 2.05) is 28.8 Å². The standard InChI is InChI=1S/C33H29BrN4O5/c1-43-33(42)24-8-3-5-10-26(24)35-31(40)21-13-14-29(27(16-21)36-32(41)23-7-2-4-9-25(23)34)37-17-20-15-22(19-37)28-11-6-12-30(39)38(28)18-20/h2-14,16,20,22H,15,17-19H2,1H3,(H,35,40)(H,36,41). The average molecular weight is 642 g/mol. The van der Waals surface area contributed by atoms with Crippen molar-refractivity contribution in [3.8, 4) is 0 Å². The van der Waals surface area contributed by atoms with Crippen molar-refractivity contribution in [2.45, 2.75) is 18.9 Å². The Morgan fingerprint density at radius 2 is 1.56 bits per heavy atom. The minimum Gasteiger partial charge on any atom is -0.465 e. The van der Waals surface area contributed by atoms with Crippen LogP contribution in [0.4, 0.5) is 17.1 Å². The Kier molecular flexibility index (Phi) is 7.86. The van der Waals surface area contributed by atoms with E-state index in [4.69, 9.17) is 4.74 Å². The first-order valence-corrected chi connectivity index (χ1v) is 14.7. The van der Waals surface area contributed by atoms with Gasteiger partial charge >= 0.3 is 5.97 Å². The molecule has 9 nitrogen and oxygen atoms in total. The van der Waals surface area contributed by atoms with E-state index in [0.717, 1.165) is 17.8 Å². The number of amides is 2. The van der Waals surface area contributed by atoms with E-state index in [0.29, 0.717) is 46.6 Å². The minimum absolute atomic E-state index is 0.0196. The zero-order chi connectivity index (χ0) is 30.1. The van der Waals surface area contributed by atoms with Crippen molar-refractivity contribution in [2.24, 2.45) is 5.92 Å². The monoisotopic (exact) mass is 640 g/mol. The van der Waals surface area contributed by atoms with Crippen molar-refractivity contribution >= 4 is 50.8 Å². The van der Waals surface area contributed by atoms with E-state index in [9.17, 15) is 19.2 Å². The normalized spacial score (nSPS) is 17.0. The molecule has 1 fully saturated rings. The maximum absolute atomic E-state index is 13.4. The highest BCUT2D eigenvalue weighted by molar-refractivity contribution is 9.10. The fourth-order valence-electron chi connectivity index (χ4n) is 6.06. The van der Waals surface area contributed by atoms with Gasteiger partial charge < -0.3 is 24.8 Å². The second kappa shape index (κ2) is 11.9. The van der Waals surface area contributed by atoms with Crippen LogP contribution in [0, 0.1) is 5.92 Å². The average Bonchev–Trinajstić information content (AvgIpc) is 3.01. The molecular formula is C33H29BrN4O5. The second-order valence-electron chi connectivity index (χ2n) is 10.8. The first kappa shape index (κ1) is 28.4. The number of halogens is 1. The molecule has 1 saturated heterocycles. The number of hydrogen-bond donors (Lipinski definition) is 2. The van der Waals surface area contributed by atoms with Gasteiger partial charge in [0.1, 0.15) is 0 Å². The first-order chi connectivity index (χ1) is 20.8. The predicted octanol–water partition coefficient (Wildman–Crippen LogP) is 5.53. The summed E-state index contributed by atoms with van der Waals surface area (Å²) in [5.74, 6) is -0.909. The third kappa shape index (κ3) is 5.70. The number of esters is 1. The number of piperidine rings is 1. The highest BCUT2D eigenvalue weighted by Crippen LogP contribution is 2.39. The van der Waals surface area contributed by atoms with E-state index in [1.165, 1.54) is 7.11 Å². The van der Waals surface area contributed by atoms with Crippen LogP contribution < -0.4 is 21.1 Å². The lowest BCUT2D eigenvalue weighted by Gasteiger charge is -2.44. The number of hydrogen-bond acceptors (Lipinski definition) is 6. The van der Waals surface area contributed by atoms with Gasteiger partial charge in [-0.3, -0.25) is 14.4 Å². The van der Waals surface area contributed by atoms with Crippen LogP contribution in [0.15, 0.2) is 94.2 Å². The van der Waals surface area contributed by atoms with Crippen LogP contribution in [-0.4, -0.2) is 42.6 Å². The van der Waals surface area contributed by atoms with E-state index in [1.54, 1.807) is 60.7 Å². The summed E-state index contributed by atoms with van der Waals surface area (Å²) in [6.45, 7) is 2.00. The Morgan fingerprint density at radius 1 is 0.814 bits per heavy atom. The number of nitrogens with one attached hydrogen (secondary N) is 2. The van der Waals surface area contributed by atoms with Gasteiger partial charge in [-0.2, -0.15) is 0 Å². The molecule has 0 saturated carbocycles. The Morgan fingerprint density at radius 3 is 2.35 bits per heavy atom. The molecular weight excluding hydrogens is 612 g/mol. The van der Waals surface area contributed by atoms with Crippen molar-refractivity contribution in [3.63, 3.8) is 0 Å². The van der Waals surface area contributed by atoms with Crippen LogP contribution in [0.5, 0.6) is 0 Å². The number of para-hydroxylation sites is 1. The molecule has 2 atom stereocenters. The molecule has 2 amide bonds. The fourth-order valence-corrected chi connectivity index (χ4v) is 6.52. The van der Waals surface area contributed by atoms with Crippen molar-refractivity contribution in [3.05, 3.63) is 122 Å². The molecule has 0 radical (unpaired) electrons. The van der Waals surface area contributed by atoms with Gasteiger partial charge in [-0.05, 0) is 76.8 Å². The molecule has 1 aromatic heterocycles. The van der Waals surface area contributed by atoms with Crippen molar-refractivity contribution in [2.75, 3.05) is 35.7 Å². The quantitative estimate of drug-likeness (QED) is 0.268. The minimum atomic E-state index is -0.563. The predicted molar refractivity (Wildman–Crippen MR) is 168 cm³/mol. The number of benzene rings is 3. The number of ether oxygens (including phenoxy) is 1. The van der Waals surface area contributed by atoms with Crippen LogP contribution in [0.2, 0.25) is 0 Å². The van der Waals surface area contributed by atoms with Gasteiger partial charge in [-0.1, -0.05) is 30.3 Å². The molecule has 3 heterocycles. The van der Waals surface area contributed by atoms with Gasteiger partial charge in [0.15, 0.2) is 0 Å². The number of carbonyl (C=O) groups excluding carboxylic acids is 3. The number of carbonyl (C=O) groups is 3. The van der Waals surface area contributed by atoms with Crippen molar-refractivity contribution in [1.82, 2.24) is 4.57 Å². The van der Waals surface area contributed by atoms with E-state index in [-0.39, 0.29) is 28.9 Å². The van der Waals surface area contributed by atoms with Crippen LogP contribution in [0.25, 0.3) is 0 Å². The smallest absolute Gasteiger partial charge is 0.339 e. The fraction of sp³-hybridized carbons (Fsp3) is 0.212. The highest BCUT2D eigenvalue weighted by Gasteiger charge is 2.35. The van der Waals surface area contributed by atoms with Gasteiger partial charge in [0.2, 0.25) is 0 Å². The molecule has 2 bridgehead atoms. The molecule has 2 N–H and O–H groups in total. The molecule has 2 aliphatic rings. The number of anilines is 3. The number of rotatable bonds is 6. The van der Waals surface area contributed by atoms with E-state index >= 15 is 0 Å². The second-order valence-corrected chi connectivity index (χ2v) is 11.6. The summed E-state index contributed by atoms with van der Waals surface area (Å²) in [6.07, 6.45) is 0.985. The third-order valence-corrected chi connectivity index (χ3v) is 8.72. The van der Waals surface area contributed by atoms with Gasteiger partial charge in [0.25, 0.3) is 17.4 Å². The van der Waals surface area contributed by atoms with Crippen LogP contribution in [0.3, 0.4) is 0 Å². The number of aromatic nitrogens is 1. The number of pyridine rings is 1. The lowest BCUT2D eigenvalue weighted by atomic mass is 9.83. The van der Waals surface area contributed by atoms with Crippen LogP contribution >= 0.6 is 15.9 Å². The molecule has 2 unspecified atom stereocenters. The summed E-state index contributed by atoms with van der Waals surface area (Å²) in [4.78, 5) is 53.9. The lowest BCUT2D eigenvalue weighted by molar-refractivity contribution is 0.0601. The summed E-state index contributed by atoms with van der Waals surface area (Å²) in [5, 5.41) is 5.84. The Labute approximate surface area is 256 Å². The highest BCUT2D eigenvalue weighted by atomic mass is 79.9. The zero-order valence-corrected chi connectivity index (χ0v) is 25.0. The number of fused-ring (bicyclic) bond motifs is 4. The van der Waals surface area contributed by atoms with Gasteiger partial charge in [0.05, 0.1) is 35.3 Å². The molecule has 6 rings (SSSR count). The summed E-state index contributed by atoms with van der Waals surface area (Å²) in [5.41, 5.74) is 3.63. The maximum atomic E-state index is 13.4. The number of methoxy groups -OCH3 is 1. The molecule has 10 heteroatoms. The lowest BCUT2D eigenvalue weighted by Crippen LogP contribution is -2.47. The molecule has 4 aromatic rings. The Hall–Kier alpha value is -4.70.